The molecule has 23 heavy (non-hydrogen) atoms. The second-order valence-corrected chi connectivity index (χ2v) is 4.95. The topological polar surface area (TPSA) is 27.7 Å². The Labute approximate surface area is 137 Å². The molecular weight excluding hydrogens is 288 g/mol. The number of hydrogen-bond acceptors (Lipinski definition) is 3. The number of ether oxygens (including phenoxy) is 3. The van der Waals surface area contributed by atoms with E-state index in [-0.39, 0.29) is 0 Å². The van der Waals surface area contributed by atoms with Gasteiger partial charge < -0.3 is 14.2 Å². The lowest BCUT2D eigenvalue weighted by molar-refractivity contribution is 0.369. The third-order valence-corrected chi connectivity index (χ3v) is 3.45. The predicted molar refractivity (Wildman–Crippen MR) is 93.8 cm³/mol. The smallest absolute Gasteiger partial charge is 0.126 e. The standard InChI is InChI=1S/C20H22O3/c1-21-18-11-6-9-16(14-18)8-4-5-13-20(23-3)17-10-7-12-19(15-17)22-2/h4-7,9-15H,8H2,1-3H3/b5-4+,20-13-. The van der Waals surface area contributed by atoms with Crippen molar-refractivity contribution in [3.63, 3.8) is 0 Å². The van der Waals surface area contributed by atoms with Gasteiger partial charge in [0.1, 0.15) is 17.3 Å². The van der Waals surface area contributed by atoms with Crippen LogP contribution < -0.4 is 9.47 Å². The van der Waals surface area contributed by atoms with E-state index in [0.717, 1.165) is 29.2 Å². The van der Waals surface area contributed by atoms with Crippen LogP contribution in [0, 0.1) is 0 Å². The summed E-state index contributed by atoms with van der Waals surface area (Å²) in [5, 5.41) is 0. The molecule has 0 aromatic heterocycles. The Morgan fingerprint density at radius 3 is 2.30 bits per heavy atom. The van der Waals surface area contributed by atoms with E-state index in [0.29, 0.717) is 0 Å². The summed E-state index contributed by atoms with van der Waals surface area (Å²) in [5.41, 5.74) is 2.19. The van der Waals surface area contributed by atoms with Crippen LogP contribution in [0.1, 0.15) is 11.1 Å². The molecule has 0 saturated heterocycles. The minimum Gasteiger partial charge on any atom is -0.497 e. The minimum absolute atomic E-state index is 0.797. The first-order valence-electron chi connectivity index (χ1n) is 7.45. The van der Waals surface area contributed by atoms with E-state index in [1.807, 2.05) is 54.6 Å². The zero-order chi connectivity index (χ0) is 16.5. The van der Waals surface area contributed by atoms with E-state index >= 15 is 0 Å². The van der Waals surface area contributed by atoms with Gasteiger partial charge in [0.2, 0.25) is 0 Å². The second-order valence-electron chi connectivity index (χ2n) is 4.95. The van der Waals surface area contributed by atoms with Crippen LogP contribution in [0.5, 0.6) is 11.5 Å². The minimum atomic E-state index is 0.797. The van der Waals surface area contributed by atoms with Crippen LogP contribution in [0.25, 0.3) is 5.76 Å². The Bertz CT molecular complexity index is 687. The van der Waals surface area contributed by atoms with E-state index in [4.69, 9.17) is 14.2 Å². The molecule has 0 N–H and O–H groups in total. The van der Waals surface area contributed by atoms with Gasteiger partial charge in [0, 0.05) is 5.56 Å². The summed E-state index contributed by atoms with van der Waals surface area (Å²) >= 11 is 0. The molecule has 0 radical (unpaired) electrons. The van der Waals surface area contributed by atoms with Crippen molar-refractivity contribution in [2.75, 3.05) is 21.3 Å². The molecule has 2 aromatic carbocycles. The highest BCUT2D eigenvalue weighted by Gasteiger charge is 2.01. The molecule has 120 valence electrons. The molecule has 0 aliphatic carbocycles. The quantitative estimate of drug-likeness (QED) is 0.557. The fourth-order valence-electron chi connectivity index (χ4n) is 2.22. The Balaban J connectivity index is 2.06. The third kappa shape index (κ3) is 4.92. The molecule has 0 heterocycles. The first-order valence-corrected chi connectivity index (χ1v) is 7.45. The zero-order valence-electron chi connectivity index (χ0n) is 13.8. The van der Waals surface area contributed by atoms with E-state index in [9.17, 15) is 0 Å². The summed E-state index contributed by atoms with van der Waals surface area (Å²) in [6.45, 7) is 0. The van der Waals surface area contributed by atoms with E-state index in [1.54, 1.807) is 21.3 Å². The number of allylic oxidation sites excluding steroid dienone is 3. The fraction of sp³-hybridized carbons (Fsp3) is 0.200. The zero-order valence-corrected chi connectivity index (χ0v) is 13.8. The average molecular weight is 310 g/mol. The maximum atomic E-state index is 5.46. The molecule has 0 spiro atoms. The molecule has 0 fully saturated rings. The lowest BCUT2D eigenvalue weighted by Gasteiger charge is -2.07. The number of benzene rings is 2. The van der Waals surface area contributed by atoms with Crippen LogP contribution in [-0.2, 0) is 11.2 Å². The summed E-state index contributed by atoms with van der Waals surface area (Å²) < 4.78 is 15.9. The Morgan fingerprint density at radius 2 is 1.61 bits per heavy atom. The number of methoxy groups -OCH3 is 3. The van der Waals surface area contributed by atoms with E-state index in [2.05, 4.69) is 12.1 Å². The second kappa shape index (κ2) is 8.69. The van der Waals surface area contributed by atoms with Gasteiger partial charge in [-0.15, -0.1) is 0 Å². The largest absolute Gasteiger partial charge is 0.497 e. The van der Waals surface area contributed by atoms with Crippen molar-refractivity contribution in [1.29, 1.82) is 0 Å². The van der Waals surface area contributed by atoms with Gasteiger partial charge in [-0.2, -0.15) is 0 Å². The summed E-state index contributed by atoms with van der Waals surface area (Å²) in [5.74, 6) is 2.48. The van der Waals surface area contributed by atoms with Crippen molar-refractivity contribution in [2.45, 2.75) is 6.42 Å². The molecule has 0 aliphatic rings. The van der Waals surface area contributed by atoms with Crippen LogP contribution in [0.3, 0.4) is 0 Å². The van der Waals surface area contributed by atoms with Gasteiger partial charge in [-0.05, 0) is 42.3 Å². The van der Waals surface area contributed by atoms with Crippen LogP contribution in [0.15, 0.2) is 66.8 Å². The summed E-state index contributed by atoms with van der Waals surface area (Å²) in [4.78, 5) is 0. The monoisotopic (exact) mass is 310 g/mol. The van der Waals surface area contributed by atoms with Gasteiger partial charge >= 0.3 is 0 Å². The highest BCUT2D eigenvalue weighted by Crippen LogP contribution is 2.20. The van der Waals surface area contributed by atoms with Gasteiger partial charge in [0.05, 0.1) is 21.3 Å². The molecule has 0 amide bonds. The maximum Gasteiger partial charge on any atom is 0.126 e. The molecule has 2 rings (SSSR count). The predicted octanol–water partition coefficient (Wildman–Crippen LogP) is 4.49. The molecule has 0 unspecified atom stereocenters. The molecule has 3 nitrogen and oxygen atoms in total. The molecule has 0 bridgehead atoms. The van der Waals surface area contributed by atoms with E-state index < -0.39 is 0 Å². The Hall–Kier alpha value is -2.68. The maximum absolute atomic E-state index is 5.46. The molecule has 0 aliphatic heterocycles. The summed E-state index contributed by atoms with van der Waals surface area (Å²) in [6, 6.07) is 15.9. The van der Waals surface area contributed by atoms with Crippen LogP contribution in [0.2, 0.25) is 0 Å². The number of hydrogen-bond donors (Lipinski definition) is 0. The summed E-state index contributed by atoms with van der Waals surface area (Å²) in [7, 11) is 5.00. The van der Waals surface area contributed by atoms with Crippen LogP contribution >= 0.6 is 0 Å². The molecule has 2 aromatic rings. The third-order valence-electron chi connectivity index (χ3n) is 3.45. The van der Waals surface area contributed by atoms with Gasteiger partial charge in [-0.1, -0.05) is 36.4 Å². The molecular formula is C20H22O3. The van der Waals surface area contributed by atoms with Crippen molar-refractivity contribution < 1.29 is 14.2 Å². The van der Waals surface area contributed by atoms with Crippen molar-refractivity contribution in [3.05, 3.63) is 77.9 Å². The van der Waals surface area contributed by atoms with Gasteiger partial charge in [0.25, 0.3) is 0 Å². The van der Waals surface area contributed by atoms with Crippen LogP contribution in [-0.4, -0.2) is 21.3 Å². The first-order chi connectivity index (χ1) is 11.3. The Kier molecular flexibility index (Phi) is 6.30. The fourth-order valence-corrected chi connectivity index (χ4v) is 2.22. The lowest BCUT2D eigenvalue weighted by atomic mass is 10.1. The average Bonchev–Trinajstić information content (AvgIpc) is 2.62. The molecule has 0 saturated carbocycles. The van der Waals surface area contributed by atoms with Gasteiger partial charge in [0.15, 0.2) is 0 Å². The van der Waals surface area contributed by atoms with Gasteiger partial charge in [-0.25, -0.2) is 0 Å². The Morgan fingerprint density at radius 1 is 0.913 bits per heavy atom. The van der Waals surface area contributed by atoms with Crippen LogP contribution in [0.4, 0.5) is 0 Å². The lowest BCUT2D eigenvalue weighted by Crippen LogP contribution is -1.89. The normalized spacial score (nSPS) is 11.5. The summed E-state index contributed by atoms with van der Waals surface area (Å²) in [6.07, 6.45) is 6.88. The number of rotatable bonds is 7. The SMILES string of the molecule is CO/C(=C\C=C\Cc1cccc(OC)c1)c1cccc(OC)c1. The highest BCUT2D eigenvalue weighted by atomic mass is 16.5. The first kappa shape index (κ1) is 16.7. The van der Waals surface area contributed by atoms with E-state index in [1.165, 1.54) is 5.56 Å². The highest BCUT2D eigenvalue weighted by molar-refractivity contribution is 5.62. The van der Waals surface area contributed by atoms with Crippen molar-refractivity contribution in [2.24, 2.45) is 0 Å². The molecule has 3 heteroatoms. The van der Waals surface area contributed by atoms with Crippen molar-refractivity contribution in [1.82, 2.24) is 0 Å². The van der Waals surface area contributed by atoms with Crippen molar-refractivity contribution >= 4 is 5.76 Å². The molecule has 0 atom stereocenters. The van der Waals surface area contributed by atoms with Crippen molar-refractivity contribution in [3.8, 4) is 11.5 Å². The van der Waals surface area contributed by atoms with Gasteiger partial charge in [-0.3, -0.25) is 0 Å².